The first-order chi connectivity index (χ1) is 16.8. The van der Waals surface area contributed by atoms with Crippen LogP contribution in [0.5, 0.6) is 0 Å². The summed E-state index contributed by atoms with van der Waals surface area (Å²) in [6, 6.07) is 0. The lowest BCUT2D eigenvalue weighted by Gasteiger charge is -2.63. The van der Waals surface area contributed by atoms with E-state index in [9.17, 15) is 28.8 Å². The Morgan fingerprint density at radius 1 is 1.00 bits per heavy atom. The van der Waals surface area contributed by atoms with Crippen LogP contribution in [0.15, 0.2) is 0 Å². The predicted octanol–water partition coefficient (Wildman–Crippen LogP) is 3.18. The van der Waals surface area contributed by atoms with E-state index in [-0.39, 0.29) is 53.8 Å². The van der Waals surface area contributed by atoms with Gasteiger partial charge in [-0.05, 0) is 97.7 Å². The van der Waals surface area contributed by atoms with E-state index in [1.165, 1.54) is 0 Å². The van der Waals surface area contributed by atoms with Crippen molar-refractivity contribution in [2.75, 3.05) is 13.2 Å². The summed E-state index contributed by atoms with van der Waals surface area (Å²) in [5, 5.41) is 42.9. The molecule has 210 valence electrons. The standard InChI is InChI=1S/C27H48O8S/c1-16(5-4-6-17(14-28)15-35-36(32,33)34)20-7-8-21-24-22(30)12-18-11-19(29)9-10-26(18,2)25(24)23(31)13-27(20,21)3/h16-25,28-31H,4-15H2,1-3H3,(H,32,33,34). The first-order valence-corrected chi connectivity index (χ1v) is 15.4. The molecule has 0 saturated heterocycles. The summed E-state index contributed by atoms with van der Waals surface area (Å²) in [6.07, 6.45) is 7.26. The molecule has 5 N–H and O–H groups in total. The molecule has 0 radical (unpaired) electrons. The molecule has 0 amide bonds. The Labute approximate surface area is 216 Å². The van der Waals surface area contributed by atoms with E-state index in [0.29, 0.717) is 24.2 Å². The average Bonchev–Trinajstić information content (AvgIpc) is 3.12. The molecule has 12 unspecified atom stereocenters. The van der Waals surface area contributed by atoms with Crippen molar-refractivity contribution in [3.05, 3.63) is 0 Å². The van der Waals surface area contributed by atoms with Crippen LogP contribution in [0.2, 0.25) is 0 Å². The van der Waals surface area contributed by atoms with Gasteiger partial charge in [-0.3, -0.25) is 4.55 Å². The molecular weight excluding hydrogens is 484 g/mol. The van der Waals surface area contributed by atoms with Gasteiger partial charge in [0.15, 0.2) is 0 Å². The highest BCUT2D eigenvalue weighted by molar-refractivity contribution is 7.80. The third-order valence-corrected chi connectivity index (χ3v) is 11.8. The van der Waals surface area contributed by atoms with Gasteiger partial charge in [0.1, 0.15) is 0 Å². The molecule has 12 atom stereocenters. The maximum Gasteiger partial charge on any atom is 0.397 e. The average molecular weight is 533 g/mol. The second kappa shape index (κ2) is 10.7. The summed E-state index contributed by atoms with van der Waals surface area (Å²) < 4.78 is 34.9. The van der Waals surface area contributed by atoms with Crippen molar-refractivity contribution < 1.29 is 37.6 Å². The lowest BCUT2D eigenvalue weighted by atomic mass is 9.43. The number of hydrogen-bond acceptors (Lipinski definition) is 7. The van der Waals surface area contributed by atoms with Gasteiger partial charge in [0, 0.05) is 12.5 Å². The third-order valence-electron chi connectivity index (χ3n) is 11.3. The summed E-state index contributed by atoms with van der Waals surface area (Å²) in [5.74, 6) is 1.32. The molecule has 0 heterocycles. The Morgan fingerprint density at radius 2 is 1.72 bits per heavy atom. The van der Waals surface area contributed by atoms with Gasteiger partial charge >= 0.3 is 10.4 Å². The van der Waals surface area contributed by atoms with Crippen molar-refractivity contribution in [2.24, 2.45) is 52.3 Å². The summed E-state index contributed by atoms with van der Waals surface area (Å²) in [5.41, 5.74) is -0.0696. The largest absolute Gasteiger partial charge is 0.397 e. The third kappa shape index (κ3) is 5.40. The van der Waals surface area contributed by atoms with Crippen LogP contribution in [-0.2, 0) is 14.6 Å². The van der Waals surface area contributed by atoms with E-state index in [2.05, 4.69) is 25.0 Å². The quantitative estimate of drug-likeness (QED) is 0.285. The van der Waals surface area contributed by atoms with Crippen molar-refractivity contribution in [1.29, 1.82) is 0 Å². The molecule has 9 heteroatoms. The molecule has 0 bridgehead atoms. The van der Waals surface area contributed by atoms with Gasteiger partial charge in [-0.2, -0.15) is 8.42 Å². The van der Waals surface area contributed by atoms with Gasteiger partial charge in [0.05, 0.1) is 24.9 Å². The van der Waals surface area contributed by atoms with Gasteiger partial charge < -0.3 is 20.4 Å². The first kappa shape index (κ1) is 28.7. The van der Waals surface area contributed by atoms with Crippen LogP contribution in [0.1, 0.15) is 85.0 Å². The highest BCUT2D eigenvalue weighted by atomic mass is 32.3. The predicted molar refractivity (Wildman–Crippen MR) is 135 cm³/mol. The molecule has 0 aromatic heterocycles. The van der Waals surface area contributed by atoms with Crippen LogP contribution in [0, 0.1) is 52.3 Å². The molecule has 4 saturated carbocycles. The molecule has 0 spiro atoms. The minimum Gasteiger partial charge on any atom is -0.396 e. The monoisotopic (exact) mass is 532 g/mol. The van der Waals surface area contributed by atoms with Crippen LogP contribution < -0.4 is 0 Å². The van der Waals surface area contributed by atoms with Crippen molar-refractivity contribution in [3.8, 4) is 0 Å². The highest BCUT2D eigenvalue weighted by Crippen LogP contribution is 2.68. The molecule has 0 aromatic carbocycles. The molecule has 0 aliphatic heterocycles. The normalized spacial score (nSPS) is 46.4. The Bertz CT molecular complexity index is 866. The molecule has 8 nitrogen and oxygen atoms in total. The van der Waals surface area contributed by atoms with Gasteiger partial charge in [-0.25, -0.2) is 4.18 Å². The second-order valence-electron chi connectivity index (χ2n) is 13.3. The zero-order valence-corrected chi connectivity index (χ0v) is 22.9. The number of hydrogen-bond donors (Lipinski definition) is 5. The summed E-state index contributed by atoms with van der Waals surface area (Å²) in [6.45, 7) is 6.47. The van der Waals surface area contributed by atoms with Gasteiger partial charge in [-0.15, -0.1) is 0 Å². The van der Waals surface area contributed by atoms with Crippen LogP contribution >= 0.6 is 0 Å². The minimum atomic E-state index is -4.51. The SMILES string of the molecule is CC(CCCC(CO)COS(=O)(=O)O)C1CCC2C3C(O)CC4CC(O)CCC4(C)C3C(O)CC12C. The Morgan fingerprint density at radius 3 is 2.39 bits per heavy atom. The zero-order chi connectivity index (χ0) is 26.5. The van der Waals surface area contributed by atoms with E-state index in [1.54, 1.807) is 0 Å². The first-order valence-electron chi connectivity index (χ1n) is 14.1. The van der Waals surface area contributed by atoms with Crippen LogP contribution in [0.25, 0.3) is 0 Å². The Kier molecular flexibility index (Phi) is 8.53. The number of aliphatic hydroxyl groups is 4. The molecule has 4 aliphatic carbocycles. The van der Waals surface area contributed by atoms with E-state index < -0.39 is 22.6 Å². The minimum absolute atomic E-state index is 0.0308. The zero-order valence-electron chi connectivity index (χ0n) is 22.1. The summed E-state index contributed by atoms with van der Waals surface area (Å²) in [7, 11) is -4.51. The van der Waals surface area contributed by atoms with Gasteiger partial charge in [0.2, 0.25) is 0 Å². The lowest BCUT2D eigenvalue weighted by molar-refractivity contribution is -0.213. The fourth-order valence-electron chi connectivity index (χ4n) is 9.62. The topological polar surface area (TPSA) is 145 Å². The number of rotatable bonds is 9. The Hall–Kier alpha value is -0.290. The van der Waals surface area contributed by atoms with Crippen LogP contribution in [0.3, 0.4) is 0 Å². The summed E-state index contributed by atoms with van der Waals surface area (Å²) >= 11 is 0. The van der Waals surface area contributed by atoms with E-state index in [4.69, 9.17) is 4.55 Å². The van der Waals surface area contributed by atoms with Crippen LogP contribution in [0.4, 0.5) is 0 Å². The van der Waals surface area contributed by atoms with E-state index in [1.807, 2.05) is 0 Å². The van der Waals surface area contributed by atoms with Crippen LogP contribution in [-0.4, -0.2) is 64.9 Å². The Balaban J connectivity index is 1.42. The molecule has 4 fully saturated rings. The molecule has 0 aromatic rings. The van der Waals surface area contributed by atoms with Gasteiger partial charge in [-0.1, -0.05) is 33.6 Å². The number of aliphatic hydroxyl groups excluding tert-OH is 4. The molecule has 4 rings (SSSR count). The van der Waals surface area contributed by atoms with Gasteiger partial charge in [0.25, 0.3) is 0 Å². The maximum absolute atomic E-state index is 11.6. The summed E-state index contributed by atoms with van der Waals surface area (Å²) in [4.78, 5) is 0. The highest BCUT2D eigenvalue weighted by Gasteiger charge is 2.65. The van der Waals surface area contributed by atoms with Crippen molar-refractivity contribution in [2.45, 2.75) is 103 Å². The fraction of sp³-hybridized carbons (Fsp3) is 1.00. The molecule has 4 aliphatic rings. The lowest BCUT2D eigenvalue weighted by Crippen LogP contribution is -2.63. The van der Waals surface area contributed by atoms with E-state index in [0.717, 1.165) is 57.8 Å². The molecule has 36 heavy (non-hydrogen) atoms. The van der Waals surface area contributed by atoms with Crippen molar-refractivity contribution in [1.82, 2.24) is 0 Å². The smallest absolute Gasteiger partial charge is 0.396 e. The van der Waals surface area contributed by atoms with E-state index >= 15 is 0 Å². The fourth-order valence-corrected chi connectivity index (χ4v) is 9.99. The maximum atomic E-state index is 11.6. The second-order valence-corrected chi connectivity index (χ2v) is 14.4. The molecular formula is C27H48O8S. The van der Waals surface area contributed by atoms with Crippen molar-refractivity contribution >= 4 is 10.4 Å². The number of fused-ring (bicyclic) bond motifs is 5. The van der Waals surface area contributed by atoms with Crippen molar-refractivity contribution in [3.63, 3.8) is 0 Å².